The Labute approximate surface area is 89.7 Å². The van der Waals surface area contributed by atoms with Crippen molar-refractivity contribution in [3.63, 3.8) is 0 Å². The molecule has 0 aromatic carbocycles. The van der Waals surface area contributed by atoms with Gasteiger partial charge < -0.3 is 15.5 Å². The molecule has 16 heavy (non-hydrogen) atoms. The summed E-state index contributed by atoms with van der Waals surface area (Å²) in [5.41, 5.74) is -0.929. The molecule has 1 rings (SSSR count). The van der Waals surface area contributed by atoms with Crippen molar-refractivity contribution in [3.05, 3.63) is 23.9 Å². The summed E-state index contributed by atoms with van der Waals surface area (Å²) in [7, 11) is 0. The van der Waals surface area contributed by atoms with Crippen molar-refractivity contribution in [1.82, 2.24) is 4.98 Å². The van der Waals surface area contributed by atoms with Crippen LogP contribution in [-0.4, -0.2) is 34.5 Å². The lowest BCUT2D eigenvalue weighted by atomic mass is 10.2. The lowest BCUT2D eigenvalue weighted by Gasteiger charge is -2.17. The van der Waals surface area contributed by atoms with Crippen LogP contribution in [0.25, 0.3) is 0 Å². The van der Waals surface area contributed by atoms with Gasteiger partial charge in [0.15, 0.2) is 0 Å². The van der Waals surface area contributed by atoms with Crippen LogP contribution in [0.15, 0.2) is 18.3 Å². The van der Waals surface area contributed by atoms with Crippen LogP contribution in [0, 0.1) is 0 Å². The highest BCUT2D eigenvalue weighted by Crippen LogP contribution is 2.33. The number of nitrogens with one attached hydrogen (secondary N) is 1. The van der Waals surface area contributed by atoms with Crippen molar-refractivity contribution >= 4 is 5.82 Å². The predicted octanol–water partition coefficient (Wildman–Crippen LogP) is 0.865. The molecule has 0 fully saturated rings. The predicted molar refractivity (Wildman–Crippen MR) is 50.8 cm³/mol. The summed E-state index contributed by atoms with van der Waals surface area (Å²) >= 11 is 0. The monoisotopic (exact) mass is 236 g/mol. The van der Waals surface area contributed by atoms with Gasteiger partial charge in [0.1, 0.15) is 5.82 Å². The molecule has 1 aromatic heterocycles. The lowest BCUT2D eigenvalue weighted by molar-refractivity contribution is -0.137. The number of halogens is 3. The SMILES string of the molecule is OCC(CO)Nc1ncccc1C(F)(F)F. The minimum atomic E-state index is -4.52. The molecule has 1 heterocycles. The van der Waals surface area contributed by atoms with E-state index < -0.39 is 36.8 Å². The molecule has 0 saturated carbocycles. The van der Waals surface area contributed by atoms with Gasteiger partial charge in [0.05, 0.1) is 24.8 Å². The van der Waals surface area contributed by atoms with Crippen LogP contribution < -0.4 is 5.32 Å². The molecule has 0 aliphatic heterocycles. The number of hydrogen-bond acceptors (Lipinski definition) is 4. The fourth-order valence-electron chi connectivity index (χ4n) is 1.09. The number of aromatic nitrogens is 1. The second-order valence-electron chi connectivity index (χ2n) is 3.10. The quantitative estimate of drug-likeness (QED) is 0.725. The van der Waals surface area contributed by atoms with E-state index >= 15 is 0 Å². The third-order valence-corrected chi connectivity index (χ3v) is 1.89. The molecular formula is C9H11F3N2O2. The zero-order valence-corrected chi connectivity index (χ0v) is 8.20. The summed E-state index contributed by atoms with van der Waals surface area (Å²) in [6.07, 6.45) is -3.32. The van der Waals surface area contributed by atoms with E-state index in [0.717, 1.165) is 6.07 Å². The summed E-state index contributed by atoms with van der Waals surface area (Å²) in [5.74, 6) is -0.400. The van der Waals surface area contributed by atoms with E-state index in [4.69, 9.17) is 10.2 Å². The Bertz CT molecular complexity index is 340. The summed E-state index contributed by atoms with van der Waals surface area (Å²) in [4.78, 5) is 3.53. The van der Waals surface area contributed by atoms with Crippen LogP contribution in [0.4, 0.5) is 19.0 Å². The third kappa shape index (κ3) is 3.07. The normalized spacial score (nSPS) is 11.9. The molecule has 3 N–H and O–H groups in total. The van der Waals surface area contributed by atoms with Gasteiger partial charge in [0.25, 0.3) is 0 Å². The number of rotatable bonds is 4. The van der Waals surface area contributed by atoms with Gasteiger partial charge in [-0.2, -0.15) is 13.2 Å². The van der Waals surface area contributed by atoms with Crippen LogP contribution >= 0.6 is 0 Å². The number of alkyl halides is 3. The first kappa shape index (κ1) is 12.7. The highest BCUT2D eigenvalue weighted by Gasteiger charge is 2.34. The smallest absolute Gasteiger partial charge is 0.394 e. The van der Waals surface area contributed by atoms with Crippen LogP contribution in [-0.2, 0) is 6.18 Å². The molecule has 0 aliphatic rings. The van der Waals surface area contributed by atoms with Crippen LogP contribution in [0.1, 0.15) is 5.56 Å². The van der Waals surface area contributed by atoms with Crippen LogP contribution in [0.5, 0.6) is 0 Å². The fourth-order valence-corrected chi connectivity index (χ4v) is 1.09. The second kappa shape index (κ2) is 5.13. The van der Waals surface area contributed by atoms with Gasteiger partial charge in [0, 0.05) is 6.20 Å². The first-order chi connectivity index (χ1) is 7.49. The van der Waals surface area contributed by atoms with Crippen molar-refractivity contribution in [2.75, 3.05) is 18.5 Å². The third-order valence-electron chi connectivity index (χ3n) is 1.89. The van der Waals surface area contributed by atoms with Crippen LogP contribution in [0.2, 0.25) is 0 Å². The number of anilines is 1. The maximum Gasteiger partial charge on any atom is 0.419 e. The Morgan fingerprint density at radius 2 is 1.94 bits per heavy atom. The first-order valence-corrected chi connectivity index (χ1v) is 4.49. The fraction of sp³-hybridized carbons (Fsp3) is 0.444. The Morgan fingerprint density at radius 3 is 2.44 bits per heavy atom. The van der Waals surface area contributed by atoms with E-state index in [-0.39, 0.29) is 0 Å². The van der Waals surface area contributed by atoms with E-state index in [1.54, 1.807) is 0 Å². The summed E-state index contributed by atoms with van der Waals surface area (Å²) in [5, 5.41) is 19.8. The largest absolute Gasteiger partial charge is 0.419 e. The Morgan fingerprint density at radius 1 is 1.31 bits per heavy atom. The molecule has 7 heteroatoms. The van der Waals surface area contributed by atoms with Crippen molar-refractivity contribution in [2.24, 2.45) is 0 Å². The Hall–Kier alpha value is -1.34. The van der Waals surface area contributed by atoms with Crippen LogP contribution in [0.3, 0.4) is 0 Å². The molecule has 0 bridgehead atoms. The molecule has 0 aliphatic carbocycles. The molecule has 4 nitrogen and oxygen atoms in total. The molecule has 1 aromatic rings. The summed E-state index contributed by atoms with van der Waals surface area (Å²) in [6.45, 7) is -0.964. The topological polar surface area (TPSA) is 65.4 Å². The summed E-state index contributed by atoms with van der Waals surface area (Å²) in [6, 6.07) is 1.18. The molecule has 0 spiro atoms. The minimum absolute atomic E-state index is 0.400. The highest BCUT2D eigenvalue weighted by molar-refractivity contribution is 5.46. The zero-order chi connectivity index (χ0) is 12.2. The van der Waals surface area contributed by atoms with Gasteiger partial charge in [-0.1, -0.05) is 0 Å². The number of aliphatic hydroxyl groups excluding tert-OH is 2. The second-order valence-corrected chi connectivity index (χ2v) is 3.10. The van der Waals surface area contributed by atoms with E-state index in [0.29, 0.717) is 0 Å². The highest BCUT2D eigenvalue weighted by atomic mass is 19.4. The molecular weight excluding hydrogens is 225 g/mol. The van der Waals surface area contributed by atoms with E-state index in [1.165, 1.54) is 12.3 Å². The van der Waals surface area contributed by atoms with Gasteiger partial charge >= 0.3 is 6.18 Å². The van der Waals surface area contributed by atoms with Gasteiger partial charge in [-0.3, -0.25) is 0 Å². The molecule has 0 saturated heterocycles. The Kier molecular flexibility index (Phi) is 4.08. The average molecular weight is 236 g/mol. The van der Waals surface area contributed by atoms with Crippen molar-refractivity contribution in [1.29, 1.82) is 0 Å². The van der Waals surface area contributed by atoms with E-state index in [1.807, 2.05) is 0 Å². The van der Waals surface area contributed by atoms with Gasteiger partial charge in [-0.25, -0.2) is 4.98 Å². The number of hydrogen-bond donors (Lipinski definition) is 3. The van der Waals surface area contributed by atoms with Gasteiger partial charge in [-0.15, -0.1) is 0 Å². The number of nitrogens with zero attached hydrogens (tertiary/aromatic N) is 1. The van der Waals surface area contributed by atoms with Crippen molar-refractivity contribution in [3.8, 4) is 0 Å². The standard InChI is InChI=1S/C9H11F3N2O2/c10-9(11,12)7-2-1-3-13-8(7)14-6(4-15)5-16/h1-3,6,15-16H,4-5H2,(H,13,14). The molecule has 90 valence electrons. The molecule has 0 radical (unpaired) electrons. The zero-order valence-electron chi connectivity index (χ0n) is 8.20. The van der Waals surface area contributed by atoms with E-state index in [9.17, 15) is 13.2 Å². The average Bonchev–Trinajstić information content (AvgIpc) is 2.25. The maximum absolute atomic E-state index is 12.5. The lowest BCUT2D eigenvalue weighted by Crippen LogP contribution is -2.29. The first-order valence-electron chi connectivity index (χ1n) is 4.49. The maximum atomic E-state index is 12.5. The minimum Gasteiger partial charge on any atom is -0.394 e. The number of pyridine rings is 1. The molecule has 0 amide bonds. The van der Waals surface area contributed by atoms with Crippen molar-refractivity contribution in [2.45, 2.75) is 12.2 Å². The van der Waals surface area contributed by atoms with E-state index in [2.05, 4.69) is 10.3 Å². The van der Waals surface area contributed by atoms with Gasteiger partial charge in [0.2, 0.25) is 0 Å². The molecule has 0 atom stereocenters. The van der Waals surface area contributed by atoms with Crippen molar-refractivity contribution < 1.29 is 23.4 Å². The van der Waals surface area contributed by atoms with Gasteiger partial charge in [-0.05, 0) is 12.1 Å². The summed E-state index contributed by atoms with van der Waals surface area (Å²) < 4.78 is 37.5. The Balaban J connectivity index is 2.95. The number of aliphatic hydroxyl groups is 2. The molecule has 0 unspecified atom stereocenters.